The molecular weight excluding hydrogens is 230 g/mol. The Labute approximate surface area is 102 Å². The number of nitrogens with one attached hydrogen (secondary N) is 1. The molecule has 0 heterocycles. The lowest BCUT2D eigenvalue weighted by atomic mass is 10.0. The van der Waals surface area contributed by atoms with Crippen LogP contribution in [0.15, 0.2) is 0 Å². The van der Waals surface area contributed by atoms with E-state index in [1.54, 1.807) is 0 Å². The smallest absolute Gasteiger partial charge is 0.221 e. The fourth-order valence-electron chi connectivity index (χ4n) is 0.943. The van der Waals surface area contributed by atoms with Gasteiger partial charge in [0.15, 0.2) is 0 Å². The summed E-state index contributed by atoms with van der Waals surface area (Å²) in [6.07, 6.45) is 0.0166. The summed E-state index contributed by atoms with van der Waals surface area (Å²) < 4.78 is 7.58. The molecule has 0 aliphatic heterocycles. The van der Waals surface area contributed by atoms with Gasteiger partial charge in [-0.25, -0.2) is 0 Å². The van der Waals surface area contributed by atoms with Gasteiger partial charge in [0.05, 0.1) is 19.8 Å². The predicted molar refractivity (Wildman–Crippen MR) is 64.4 cm³/mol. The van der Waals surface area contributed by atoms with Crippen LogP contribution in [-0.4, -0.2) is 58.1 Å². The number of amides is 1. The second-order valence-corrected chi connectivity index (χ2v) is 4.67. The third-order valence-electron chi connectivity index (χ3n) is 2.03. The molecule has 0 radical (unpaired) electrons. The normalized spacial score (nSPS) is 14.4. The Morgan fingerprint density at radius 3 is 2.31 bits per heavy atom. The summed E-state index contributed by atoms with van der Waals surface area (Å²) in [5, 5.41) is 29.4. The Kier molecular flexibility index (Phi) is 7.58. The second-order valence-electron chi connectivity index (χ2n) is 3.52. The van der Waals surface area contributed by atoms with Crippen LogP contribution < -0.4 is 5.32 Å². The van der Waals surface area contributed by atoms with E-state index in [0.29, 0.717) is 5.75 Å². The molecule has 16 heavy (non-hydrogen) atoms. The number of thioether (sulfide) groups is 1. The van der Waals surface area contributed by atoms with Crippen molar-refractivity contribution in [1.82, 2.24) is 5.32 Å². The molecule has 6 heteroatoms. The largest absolute Gasteiger partial charge is 0.394 e. The molecule has 0 rings (SSSR count). The van der Waals surface area contributed by atoms with Crippen molar-refractivity contribution in [2.24, 2.45) is 0 Å². The number of aliphatic hydroxyl groups excluding tert-OH is 3. The monoisotopic (exact) mass is 253 g/mol. The summed E-state index contributed by atoms with van der Waals surface area (Å²) in [5.74, 6) is 0.650. The Morgan fingerprint density at radius 2 is 1.88 bits per heavy atom. The molecule has 1 amide bonds. The molecule has 0 aromatic carbocycles. The van der Waals surface area contributed by atoms with Crippen LogP contribution in [0.2, 0.25) is 0 Å². The topological polar surface area (TPSA) is 89.8 Å². The van der Waals surface area contributed by atoms with Gasteiger partial charge in [-0.1, -0.05) is 6.92 Å². The first-order valence-corrected chi connectivity index (χ1v) is 6.35. The SMILES string of the molecule is [3H]C(CSCCC)C(=O)NC(CO)(CO)CO. The van der Waals surface area contributed by atoms with E-state index in [1.165, 1.54) is 11.8 Å². The third-order valence-corrected chi connectivity index (χ3v) is 3.13. The van der Waals surface area contributed by atoms with Crippen LogP contribution in [0.25, 0.3) is 0 Å². The van der Waals surface area contributed by atoms with Gasteiger partial charge in [-0.3, -0.25) is 4.79 Å². The van der Waals surface area contributed by atoms with E-state index < -0.39 is 37.7 Å². The summed E-state index contributed by atoms with van der Waals surface area (Å²) in [7, 11) is 0. The summed E-state index contributed by atoms with van der Waals surface area (Å²) in [5.41, 5.74) is -1.44. The van der Waals surface area contributed by atoms with Crippen molar-refractivity contribution in [3.63, 3.8) is 0 Å². The highest BCUT2D eigenvalue weighted by Gasteiger charge is 2.29. The Morgan fingerprint density at radius 1 is 1.31 bits per heavy atom. The summed E-state index contributed by atoms with van der Waals surface area (Å²) in [6, 6.07) is 0. The van der Waals surface area contributed by atoms with Gasteiger partial charge < -0.3 is 20.6 Å². The van der Waals surface area contributed by atoms with Crippen molar-refractivity contribution < 1.29 is 21.5 Å². The first kappa shape index (κ1) is 13.8. The van der Waals surface area contributed by atoms with Crippen LogP contribution in [0, 0.1) is 0 Å². The average molecular weight is 253 g/mol. The molecule has 0 spiro atoms. The summed E-state index contributed by atoms with van der Waals surface area (Å²) >= 11 is 1.50. The van der Waals surface area contributed by atoms with Crippen LogP contribution in [0.1, 0.15) is 21.1 Å². The lowest BCUT2D eigenvalue weighted by Crippen LogP contribution is -2.57. The maximum Gasteiger partial charge on any atom is 0.221 e. The highest BCUT2D eigenvalue weighted by molar-refractivity contribution is 7.99. The lowest BCUT2D eigenvalue weighted by molar-refractivity contribution is -0.124. The third kappa shape index (κ3) is 5.69. The summed E-state index contributed by atoms with van der Waals surface area (Å²) in [6.45, 7) is 0.308. The Hall–Kier alpha value is -0.300. The number of rotatable bonds is 9. The van der Waals surface area contributed by atoms with E-state index in [-0.39, 0.29) is 0 Å². The number of hydrogen-bond acceptors (Lipinski definition) is 5. The molecule has 96 valence electrons. The Balaban J connectivity index is 4.21. The van der Waals surface area contributed by atoms with Gasteiger partial charge in [0.2, 0.25) is 5.91 Å². The van der Waals surface area contributed by atoms with Crippen molar-refractivity contribution >= 4 is 17.7 Å². The van der Waals surface area contributed by atoms with Gasteiger partial charge in [-0.2, -0.15) is 11.8 Å². The molecule has 5 nitrogen and oxygen atoms in total. The number of aliphatic hydroxyl groups is 3. The van der Waals surface area contributed by atoms with Crippen molar-refractivity contribution in [2.45, 2.75) is 25.3 Å². The zero-order chi connectivity index (χ0) is 13.3. The quantitative estimate of drug-likeness (QED) is 0.410. The summed E-state index contributed by atoms with van der Waals surface area (Å²) in [4.78, 5) is 11.6. The van der Waals surface area contributed by atoms with Crippen LogP contribution in [0.4, 0.5) is 0 Å². The molecular formula is C10H21NO4S. The van der Waals surface area contributed by atoms with Gasteiger partial charge in [0.1, 0.15) is 5.54 Å². The van der Waals surface area contributed by atoms with Gasteiger partial charge in [0, 0.05) is 13.5 Å². The molecule has 1 unspecified atom stereocenters. The first-order chi connectivity index (χ1) is 8.05. The van der Waals surface area contributed by atoms with Crippen molar-refractivity contribution in [1.29, 1.82) is 0 Å². The zero-order valence-electron chi connectivity index (χ0n) is 10.5. The minimum Gasteiger partial charge on any atom is -0.394 e. The van der Waals surface area contributed by atoms with Crippen molar-refractivity contribution in [2.75, 3.05) is 31.3 Å². The molecule has 0 aromatic heterocycles. The highest BCUT2D eigenvalue weighted by Crippen LogP contribution is 2.06. The van der Waals surface area contributed by atoms with E-state index in [1.807, 2.05) is 6.92 Å². The van der Waals surface area contributed by atoms with E-state index in [9.17, 15) is 4.79 Å². The number of carbonyl (C=O) groups is 1. The number of carbonyl (C=O) groups excluding carboxylic acids is 1. The minimum absolute atomic E-state index is 0.359. The van der Waals surface area contributed by atoms with Gasteiger partial charge >= 0.3 is 0 Å². The van der Waals surface area contributed by atoms with Gasteiger partial charge in [0.25, 0.3) is 0 Å². The predicted octanol–water partition coefficient (Wildman–Crippen LogP) is -0.648. The van der Waals surface area contributed by atoms with Crippen molar-refractivity contribution in [3.8, 4) is 0 Å². The molecule has 0 saturated heterocycles. The van der Waals surface area contributed by atoms with Crippen LogP contribution in [0.3, 0.4) is 0 Å². The van der Waals surface area contributed by atoms with Crippen molar-refractivity contribution in [3.05, 3.63) is 0 Å². The maximum absolute atomic E-state index is 11.6. The number of hydrogen-bond donors (Lipinski definition) is 4. The molecule has 0 fully saturated rings. The second kappa shape index (κ2) is 8.81. The fourth-order valence-corrected chi connectivity index (χ4v) is 1.67. The average Bonchev–Trinajstić information content (AvgIpc) is 2.36. The molecule has 1 atom stereocenters. The zero-order valence-corrected chi connectivity index (χ0v) is 10.3. The van der Waals surface area contributed by atoms with E-state index >= 15 is 0 Å². The van der Waals surface area contributed by atoms with Crippen LogP contribution in [-0.2, 0) is 4.79 Å². The first-order valence-electron chi connectivity index (χ1n) is 5.77. The lowest BCUT2D eigenvalue weighted by Gasteiger charge is -2.28. The molecule has 0 aliphatic rings. The molecule has 4 N–H and O–H groups in total. The van der Waals surface area contributed by atoms with E-state index in [0.717, 1.165) is 12.2 Å². The van der Waals surface area contributed by atoms with Crippen LogP contribution in [0.5, 0.6) is 0 Å². The van der Waals surface area contributed by atoms with E-state index in [4.69, 9.17) is 16.7 Å². The molecule has 0 aromatic rings. The maximum atomic E-state index is 11.6. The highest BCUT2D eigenvalue weighted by atomic mass is 32.2. The minimum atomic E-state index is -1.44. The molecule has 0 saturated carbocycles. The van der Waals surface area contributed by atoms with Crippen LogP contribution >= 0.6 is 11.8 Å². The van der Waals surface area contributed by atoms with E-state index in [2.05, 4.69) is 5.32 Å². The Bertz CT molecular complexity index is 218. The molecule has 0 bridgehead atoms. The fraction of sp³-hybridized carbons (Fsp3) is 0.900. The standard InChI is InChI=1S/C10H21NO4S/c1-2-4-16-5-3-9(15)11-10(6-12,7-13)8-14/h12-14H,2-8H2,1H3,(H,11,15)/i3T. The van der Waals surface area contributed by atoms with Gasteiger partial charge in [-0.05, 0) is 12.2 Å². The molecule has 0 aliphatic carbocycles. The van der Waals surface area contributed by atoms with Gasteiger partial charge in [-0.15, -0.1) is 0 Å².